The number of hydrogen-bond donors (Lipinski definition) is 2. The van der Waals surface area contributed by atoms with E-state index in [1.165, 1.54) is 12.1 Å². The van der Waals surface area contributed by atoms with Gasteiger partial charge in [0.2, 0.25) is 5.91 Å². The third kappa shape index (κ3) is 7.52. The molecular formula is C23H33F3N4O3. The van der Waals surface area contributed by atoms with Crippen molar-refractivity contribution in [1.82, 2.24) is 20.4 Å². The van der Waals surface area contributed by atoms with Crippen LogP contribution in [0.2, 0.25) is 0 Å². The standard InChI is InChI=1S/C23H33F3N4O3/c1-16(2)12-29-13-17(15-33-20-5-3-4-19(11-20)23(24,25)26)10-18(14-29)21(31)27-6-8-30-9-7-28-22(30)32/h3-5,11,16-18H,6-10,12-15H2,1-2H3,(H,27,31)(H,28,32)/t17-,18+/m0/s1. The lowest BCUT2D eigenvalue weighted by Gasteiger charge is -2.38. The molecule has 2 fully saturated rings. The summed E-state index contributed by atoms with van der Waals surface area (Å²) in [6.45, 7) is 8.76. The van der Waals surface area contributed by atoms with Crippen LogP contribution in [0.25, 0.3) is 0 Å². The fourth-order valence-electron chi connectivity index (χ4n) is 4.44. The fraction of sp³-hybridized carbons (Fsp3) is 0.652. The molecule has 0 saturated carbocycles. The molecule has 2 aliphatic heterocycles. The number of rotatable bonds is 9. The number of carbonyl (C=O) groups excluding carboxylic acids is 2. The molecule has 1 aromatic carbocycles. The highest BCUT2D eigenvalue weighted by Gasteiger charge is 2.33. The zero-order valence-electron chi connectivity index (χ0n) is 19.2. The van der Waals surface area contributed by atoms with Crippen molar-refractivity contribution in [3.05, 3.63) is 29.8 Å². The molecule has 2 heterocycles. The van der Waals surface area contributed by atoms with Gasteiger partial charge in [0.15, 0.2) is 0 Å². The van der Waals surface area contributed by atoms with Crippen LogP contribution in [0.3, 0.4) is 0 Å². The first kappa shape index (κ1) is 25.1. The summed E-state index contributed by atoms with van der Waals surface area (Å²) in [7, 11) is 0. The number of urea groups is 1. The molecule has 184 valence electrons. The SMILES string of the molecule is CC(C)CN1C[C@@H](COc2cccc(C(F)(F)F)c2)C[C@@H](C(=O)NCCN2CCNC2=O)C1. The number of amides is 3. The summed E-state index contributed by atoms with van der Waals surface area (Å²) >= 11 is 0. The Morgan fingerprint density at radius 1 is 1.30 bits per heavy atom. The molecule has 0 aliphatic carbocycles. The first-order chi connectivity index (χ1) is 15.6. The van der Waals surface area contributed by atoms with E-state index in [9.17, 15) is 22.8 Å². The Morgan fingerprint density at radius 2 is 2.09 bits per heavy atom. The Bertz CT molecular complexity index is 818. The maximum absolute atomic E-state index is 13.0. The van der Waals surface area contributed by atoms with Crippen molar-refractivity contribution in [3.63, 3.8) is 0 Å². The summed E-state index contributed by atoms with van der Waals surface area (Å²) in [5.41, 5.74) is -0.742. The topological polar surface area (TPSA) is 73.9 Å². The van der Waals surface area contributed by atoms with Crippen LogP contribution in [-0.2, 0) is 11.0 Å². The van der Waals surface area contributed by atoms with E-state index in [2.05, 4.69) is 29.4 Å². The molecule has 3 rings (SSSR count). The molecule has 0 radical (unpaired) electrons. The van der Waals surface area contributed by atoms with Gasteiger partial charge in [-0.05, 0) is 30.5 Å². The van der Waals surface area contributed by atoms with Crippen molar-refractivity contribution in [2.75, 3.05) is 52.4 Å². The molecule has 0 spiro atoms. The van der Waals surface area contributed by atoms with E-state index < -0.39 is 11.7 Å². The second-order valence-electron chi connectivity index (χ2n) is 9.26. The van der Waals surface area contributed by atoms with Crippen molar-refractivity contribution < 1.29 is 27.5 Å². The summed E-state index contributed by atoms with van der Waals surface area (Å²) in [5.74, 6) is 0.320. The van der Waals surface area contributed by atoms with Crippen LogP contribution in [0.15, 0.2) is 24.3 Å². The molecule has 33 heavy (non-hydrogen) atoms. The zero-order valence-corrected chi connectivity index (χ0v) is 19.2. The monoisotopic (exact) mass is 470 g/mol. The molecule has 2 aliphatic rings. The van der Waals surface area contributed by atoms with E-state index in [1.54, 1.807) is 4.90 Å². The van der Waals surface area contributed by atoms with Crippen LogP contribution < -0.4 is 15.4 Å². The molecular weight excluding hydrogens is 437 g/mol. The second-order valence-corrected chi connectivity index (χ2v) is 9.26. The van der Waals surface area contributed by atoms with E-state index in [0.717, 1.165) is 25.2 Å². The summed E-state index contributed by atoms with van der Waals surface area (Å²) < 4.78 is 44.6. The minimum Gasteiger partial charge on any atom is -0.493 e. The Labute approximate surface area is 192 Å². The third-order valence-electron chi connectivity index (χ3n) is 5.88. The maximum Gasteiger partial charge on any atom is 0.416 e. The van der Waals surface area contributed by atoms with Gasteiger partial charge < -0.3 is 25.2 Å². The van der Waals surface area contributed by atoms with E-state index in [-0.39, 0.29) is 36.1 Å². The van der Waals surface area contributed by atoms with Crippen molar-refractivity contribution in [1.29, 1.82) is 0 Å². The van der Waals surface area contributed by atoms with Crippen LogP contribution in [0.5, 0.6) is 5.75 Å². The Balaban J connectivity index is 1.55. The van der Waals surface area contributed by atoms with Crippen molar-refractivity contribution in [2.24, 2.45) is 17.8 Å². The number of benzene rings is 1. The first-order valence-corrected chi connectivity index (χ1v) is 11.4. The number of carbonyl (C=O) groups is 2. The largest absolute Gasteiger partial charge is 0.493 e. The highest BCUT2D eigenvalue weighted by molar-refractivity contribution is 5.79. The summed E-state index contributed by atoms with van der Waals surface area (Å²) in [6.07, 6.45) is -3.82. The van der Waals surface area contributed by atoms with Gasteiger partial charge in [0.05, 0.1) is 18.1 Å². The number of likely N-dealkylation sites (tertiary alicyclic amines) is 1. The molecule has 2 saturated heterocycles. The van der Waals surface area contributed by atoms with Gasteiger partial charge in [0.1, 0.15) is 5.75 Å². The van der Waals surface area contributed by atoms with Crippen LogP contribution >= 0.6 is 0 Å². The Kier molecular flexibility index (Phi) is 8.45. The minimum absolute atomic E-state index is 0.0205. The molecule has 2 N–H and O–H groups in total. The molecule has 10 heteroatoms. The van der Waals surface area contributed by atoms with Gasteiger partial charge in [-0.1, -0.05) is 19.9 Å². The van der Waals surface area contributed by atoms with Crippen LogP contribution in [0, 0.1) is 17.8 Å². The molecule has 7 nitrogen and oxygen atoms in total. The number of alkyl halides is 3. The van der Waals surface area contributed by atoms with E-state index in [1.807, 2.05) is 0 Å². The van der Waals surface area contributed by atoms with E-state index >= 15 is 0 Å². The van der Waals surface area contributed by atoms with Crippen molar-refractivity contribution in [3.8, 4) is 5.75 Å². The number of nitrogens with one attached hydrogen (secondary N) is 2. The quantitative estimate of drug-likeness (QED) is 0.582. The second kappa shape index (κ2) is 11.1. The fourth-order valence-corrected chi connectivity index (χ4v) is 4.44. The van der Waals surface area contributed by atoms with Gasteiger partial charge >= 0.3 is 12.2 Å². The number of hydrogen-bond acceptors (Lipinski definition) is 4. The number of nitrogens with zero attached hydrogens (tertiary/aromatic N) is 2. The van der Waals surface area contributed by atoms with E-state index in [0.29, 0.717) is 45.1 Å². The Morgan fingerprint density at radius 3 is 2.76 bits per heavy atom. The summed E-state index contributed by atoms with van der Waals surface area (Å²) in [4.78, 5) is 28.4. The predicted octanol–water partition coefficient (Wildman–Crippen LogP) is 2.82. The number of ether oxygens (including phenoxy) is 1. The lowest BCUT2D eigenvalue weighted by Crippen LogP contribution is -2.49. The van der Waals surface area contributed by atoms with Crippen molar-refractivity contribution >= 4 is 11.9 Å². The molecule has 0 aromatic heterocycles. The van der Waals surface area contributed by atoms with Gasteiger partial charge in [-0.3, -0.25) is 4.79 Å². The van der Waals surface area contributed by atoms with Gasteiger partial charge in [-0.15, -0.1) is 0 Å². The normalized spacial score (nSPS) is 21.9. The third-order valence-corrected chi connectivity index (χ3v) is 5.88. The van der Waals surface area contributed by atoms with Crippen LogP contribution in [-0.4, -0.2) is 74.2 Å². The first-order valence-electron chi connectivity index (χ1n) is 11.4. The number of piperidine rings is 1. The summed E-state index contributed by atoms with van der Waals surface area (Å²) in [5, 5.41) is 5.67. The van der Waals surface area contributed by atoms with Gasteiger partial charge in [0, 0.05) is 51.7 Å². The van der Waals surface area contributed by atoms with Crippen molar-refractivity contribution in [2.45, 2.75) is 26.4 Å². The van der Waals surface area contributed by atoms with Crippen LogP contribution in [0.1, 0.15) is 25.8 Å². The van der Waals surface area contributed by atoms with Gasteiger partial charge in [0.25, 0.3) is 0 Å². The van der Waals surface area contributed by atoms with Crippen LogP contribution in [0.4, 0.5) is 18.0 Å². The lowest BCUT2D eigenvalue weighted by molar-refractivity contribution is -0.137. The smallest absolute Gasteiger partial charge is 0.416 e. The molecule has 0 bridgehead atoms. The Hall–Kier alpha value is -2.49. The molecule has 3 amide bonds. The lowest BCUT2D eigenvalue weighted by atomic mass is 9.88. The average Bonchev–Trinajstić information content (AvgIpc) is 3.16. The summed E-state index contributed by atoms with van der Waals surface area (Å²) in [6, 6.07) is 4.76. The predicted molar refractivity (Wildman–Crippen MR) is 118 cm³/mol. The van der Waals surface area contributed by atoms with E-state index in [4.69, 9.17) is 4.74 Å². The molecule has 2 atom stereocenters. The molecule has 1 aromatic rings. The molecule has 0 unspecified atom stereocenters. The highest BCUT2D eigenvalue weighted by atomic mass is 19.4. The maximum atomic E-state index is 13.0. The zero-order chi connectivity index (χ0) is 24.0. The minimum atomic E-state index is -4.42. The number of halogens is 3. The average molecular weight is 471 g/mol. The van der Waals surface area contributed by atoms with Gasteiger partial charge in [-0.25, -0.2) is 4.79 Å². The van der Waals surface area contributed by atoms with Gasteiger partial charge in [-0.2, -0.15) is 13.2 Å². The highest BCUT2D eigenvalue weighted by Crippen LogP contribution is 2.32.